The van der Waals surface area contributed by atoms with Crippen LogP contribution in [0.3, 0.4) is 0 Å². The zero-order chi connectivity index (χ0) is 81.2. The Morgan fingerprint density at radius 2 is 0.492 bits per heavy atom. The molecule has 18 aromatic rings. The van der Waals surface area contributed by atoms with Crippen LogP contribution in [0.4, 0.5) is 0 Å². The standard InChI is InChI=1S/C52H35N3.C31H29BO2.C27H18ClN3/c1-5-19-36(20-6-1)42-29-13-14-30-44(42)51-54-49(37-21-7-2-8-22-37)53-50(55-51)39-24-17-23-38(35-39)43-32-18-34-47-48(43)45-31-15-16-33-46(45)52(47,40-25-9-3-10-26-40)41-27-11-4-12-28-41;1-29(2)30(3,4)34-32(33-29)27-21-13-20-26-28(27)24-18-11-12-19-25(24)31(26,22-14-7-5-8-15-22)23-16-9-6-10-17-23;28-22-15-9-14-21(18-22)26-29-25(20-12-5-2-6-13-20)30-27(31-26)24-17-8-7-16-23(24)19-10-3-1-4-11-19/h1-35H;5-21H,1-4H3;1-18H. The number of benzene rings is 16. The number of halogens is 1. The second-order valence-corrected chi connectivity index (χ2v) is 31.8. The summed E-state index contributed by atoms with van der Waals surface area (Å²) in [5, 5.41) is 0.644. The summed E-state index contributed by atoms with van der Waals surface area (Å²) in [4.78, 5) is 29.9. The second kappa shape index (κ2) is 32.4. The molecule has 0 spiro atoms. The van der Waals surface area contributed by atoms with Crippen LogP contribution in [0.1, 0.15) is 72.2 Å². The van der Waals surface area contributed by atoms with E-state index in [9.17, 15) is 0 Å². The van der Waals surface area contributed by atoms with E-state index < -0.39 is 29.2 Å². The highest BCUT2D eigenvalue weighted by Crippen LogP contribution is 2.60. The van der Waals surface area contributed by atoms with Crippen molar-refractivity contribution in [3.63, 3.8) is 0 Å². The molecule has 3 aliphatic rings. The molecule has 2 aliphatic carbocycles. The van der Waals surface area contributed by atoms with Gasteiger partial charge in [0.15, 0.2) is 34.9 Å². The molecule has 1 fully saturated rings. The maximum absolute atomic E-state index is 6.55. The van der Waals surface area contributed by atoms with Gasteiger partial charge in [-0.3, -0.25) is 0 Å². The van der Waals surface area contributed by atoms with Crippen molar-refractivity contribution in [3.05, 3.63) is 474 Å². The SMILES string of the molecule is CC1(C)OB(c2cccc3c2-c2ccccc2C3(c2ccccc2)c2ccccc2)OC1(C)C.Clc1cccc(-c2nc(-c3ccccc3)nc(-c3ccccc3-c3ccccc3)n2)c1.c1ccc(-c2nc(-c3cccc(-c4cccc5c4-c4ccccc4C5(c4ccccc4)c4ccccc4)c3)nc(-c3ccccc3-c3ccccc3)n2)cc1. The van der Waals surface area contributed by atoms with Crippen molar-refractivity contribution in [1.29, 1.82) is 0 Å². The minimum atomic E-state index is -0.470. The van der Waals surface area contributed by atoms with Crippen molar-refractivity contribution in [3.8, 4) is 124 Å². The van der Waals surface area contributed by atoms with E-state index in [1.807, 2.05) is 121 Å². The molecule has 2 aromatic heterocycles. The highest BCUT2D eigenvalue weighted by Gasteiger charge is 2.55. The summed E-state index contributed by atoms with van der Waals surface area (Å²) in [5.41, 5.74) is 26.8. The minimum Gasteiger partial charge on any atom is -0.399 e. The Hall–Kier alpha value is -14.2. The smallest absolute Gasteiger partial charge is 0.399 e. The molecule has 10 heteroatoms. The lowest BCUT2D eigenvalue weighted by Gasteiger charge is -2.34. The van der Waals surface area contributed by atoms with E-state index in [1.54, 1.807) is 0 Å². The Bertz CT molecular complexity index is 6650. The van der Waals surface area contributed by atoms with Crippen molar-refractivity contribution in [2.24, 2.45) is 0 Å². The third kappa shape index (κ3) is 13.9. The molecule has 16 aromatic carbocycles. The molecule has 8 nitrogen and oxygen atoms in total. The largest absolute Gasteiger partial charge is 0.495 e. The summed E-state index contributed by atoms with van der Waals surface area (Å²) in [6.07, 6.45) is 0. The first-order valence-electron chi connectivity index (χ1n) is 40.8. The van der Waals surface area contributed by atoms with Gasteiger partial charge in [-0.25, -0.2) is 29.9 Å². The fourth-order valence-corrected chi connectivity index (χ4v) is 17.8. The normalized spacial score (nSPS) is 13.9. The zero-order valence-corrected chi connectivity index (χ0v) is 67.6. The maximum Gasteiger partial charge on any atom is 0.495 e. The molecule has 0 atom stereocenters. The molecule has 120 heavy (non-hydrogen) atoms. The van der Waals surface area contributed by atoms with Gasteiger partial charge in [0.05, 0.1) is 22.0 Å². The molecule has 1 saturated heterocycles. The first-order chi connectivity index (χ1) is 58.9. The predicted molar refractivity (Wildman–Crippen MR) is 490 cm³/mol. The van der Waals surface area contributed by atoms with Crippen molar-refractivity contribution in [1.82, 2.24) is 29.9 Å². The number of rotatable bonds is 14. The quantitative estimate of drug-likeness (QED) is 0.0994. The monoisotopic (exact) mass is 1560 g/mol. The highest BCUT2D eigenvalue weighted by atomic mass is 35.5. The second-order valence-electron chi connectivity index (χ2n) is 31.4. The molecule has 0 N–H and O–H groups in total. The number of hydrogen-bond acceptors (Lipinski definition) is 8. The first-order valence-corrected chi connectivity index (χ1v) is 41.1. The summed E-state index contributed by atoms with van der Waals surface area (Å²) in [7, 11) is -0.421. The molecule has 574 valence electrons. The fraction of sp³-hybridized carbons (Fsp3) is 0.0727. The highest BCUT2D eigenvalue weighted by molar-refractivity contribution is 6.64. The van der Waals surface area contributed by atoms with E-state index in [1.165, 1.54) is 72.3 Å². The van der Waals surface area contributed by atoms with Gasteiger partial charge in [-0.2, -0.15) is 0 Å². The topological polar surface area (TPSA) is 95.8 Å². The number of nitrogens with zero attached hydrogens (tertiary/aromatic N) is 6. The lowest BCUT2D eigenvalue weighted by molar-refractivity contribution is 0.00578. The summed E-state index contributed by atoms with van der Waals surface area (Å²) in [6.45, 7) is 8.45. The van der Waals surface area contributed by atoms with E-state index in [0.717, 1.165) is 66.7 Å². The third-order valence-corrected chi connectivity index (χ3v) is 24.1. The van der Waals surface area contributed by atoms with Crippen LogP contribution in [0.5, 0.6) is 0 Å². The summed E-state index contributed by atoms with van der Waals surface area (Å²) in [5.74, 6) is 3.75. The van der Waals surface area contributed by atoms with Crippen molar-refractivity contribution in [2.45, 2.75) is 49.7 Å². The number of hydrogen-bond donors (Lipinski definition) is 0. The van der Waals surface area contributed by atoms with E-state index in [4.69, 9.17) is 50.8 Å². The van der Waals surface area contributed by atoms with Crippen LogP contribution in [-0.4, -0.2) is 48.2 Å². The van der Waals surface area contributed by atoms with Crippen LogP contribution in [-0.2, 0) is 20.1 Å². The zero-order valence-electron chi connectivity index (χ0n) is 66.9. The minimum absolute atomic E-state index is 0.394. The lowest BCUT2D eigenvalue weighted by Crippen LogP contribution is -2.41. The van der Waals surface area contributed by atoms with Gasteiger partial charge in [0, 0.05) is 38.4 Å². The van der Waals surface area contributed by atoms with Crippen molar-refractivity contribution < 1.29 is 9.31 Å². The van der Waals surface area contributed by atoms with E-state index in [0.29, 0.717) is 40.0 Å². The van der Waals surface area contributed by atoms with Gasteiger partial charge in [-0.15, -0.1) is 0 Å². The summed E-state index contributed by atoms with van der Waals surface area (Å²) in [6, 6.07) is 148. The Kier molecular flexibility index (Phi) is 20.5. The molecule has 3 heterocycles. The Balaban J connectivity index is 0.000000126. The Morgan fingerprint density at radius 3 is 0.908 bits per heavy atom. The lowest BCUT2D eigenvalue weighted by atomic mass is 9.66. The predicted octanol–water partition coefficient (Wildman–Crippen LogP) is 26.1. The van der Waals surface area contributed by atoms with Gasteiger partial charge < -0.3 is 9.31 Å². The van der Waals surface area contributed by atoms with Crippen molar-refractivity contribution in [2.75, 3.05) is 0 Å². The van der Waals surface area contributed by atoms with Crippen LogP contribution in [0.15, 0.2) is 425 Å². The molecule has 0 radical (unpaired) electrons. The van der Waals surface area contributed by atoms with Gasteiger partial charge >= 0.3 is 7.12 Å². The van der Waals surface area contributed by atoms with Crippen molar-refractivity contribution >= 4 is 24.2 Å². The van der Waals surface area contributed by atoms with Crippen LogP contribution in [0, 0.1) is 0 Å². The van der Waals surface area contributed by atoms with E-state index >= 15 is 0 Å². The van der Waals surface area contributed by atoms with Crippen LogP contribution >= 0.6 is 11.6 Å². The molecule has 0 saturated carbocycles. The summed E-state index contributed by atoms with van der Waals surface area (Å²) < 4.78 is 13.1. The van der Waals surface area contributed by atoms with E-state index in [2.05, 4.69) is 331 Å². The average Bonchev–Trinajstić information content (AvgIpc) is 1.53. The van der Waals surface area contributed by atoms with Crippen LogP contribution in [0.2, 0.25) is 5.02 Å². The van der Waals surface area contributed by atoms with Gasteiger partial charge in [0.2, 0.25) is 0 Å². The molecule has 21 rings (SSSR count). The Labute approximate surface area is 706 Å². The average molecular weight is 1570 g/mol. The number of aromatic nitrogens is 6. The molecule has 0 amide bonds. The first kappa shape index (κ1) is 75.8. The van der Waals surface area contributed by atoms with E-state index in [-0.39, 0.29) is 0 Å². The van der Waals surface area contributed by atoms with Crippen LogP contribution < -0.4 is 5.46 Å². The van der Waals surface area contributed by atoms with Gasteiger partial charge in [-0.05, 0) is 151 Å². The van der Waals surface area contributed by atoms with Gasteiger partial charge in [0.25, 0.3) is 0 Å². The molecular formula is C110H82BClN6O2. The van der Waals surface area contributed by atoms with Crippen LogP contribution in [0.25, 0.3) is 124 Å². The molecule has 0 bridgehead atoms. The van der Waals surface area contributed by atoms with Gasteiger partial charge in [-0.1, -0.05) is 418 Å². The van der Waals surface area contributed by atoms with Gasteiger partial charge in [0.1, 0.15) is 0 Å². The Morgan fingerprint density at radius 1 is 0.217 bits per heavy atom. The molecule has 0 unspecified atom stereocenters. The fourth-order valence-electron chi connectivity index (χ4n) is 17.7. The third-order valence-electron chi connectivity index (χ3n) is 23.9. The summed E-state index contributed by atoms with van der Waals surface area (Å²) >= 11 is 6.24. The maximum atomic E-state index is 6.55. The molecular weight excluding hydrogens is 1480 g/mol. The number of fused-ring (bicyclic) bond motifs is 6. The molecule has 1 aliphatic heterocycles.